The molecule has 3 aromatic rings. The highest BCUT2D eigenvalue weighted by Gasteiger charge is 2.43. The van der Waals surface area contributed by atoms with E-state index in [9.17, 15) is 13.5 Å². The molecule has 10 nitrogen and oxygen atoms in total. The van der Waals surface area contributed by atoms with Crippen molar-refractivity contribution in [2.45, 2.75) is 62.4 Å². The normalized spacial score (nSPS) is 22.0. The van der Waals surface area contributed by atoms with Gasteiger partial charge in [0.05, 0.1) is 55.8 Å². The van der Waals surface area contributed by atoms with E-state index in [-0.39, 0.29) is 30.0 Å². The average Bonchev–Trinajstić information content (AvgIpc) is 3.87. The van der Waals surface area contributed by atoms with E-state index in [2.05, 4.69) is 11.0 Å². The Morgan fingerprint density at radius 1 is 0.918 bits per heavy atom. The molecule has 0 amide bonds. The number of nitrogens with zero attached hydrogens (tertiary/aromatic N) is 2. The molecule has 2 aliphatic heterocycles. The minimum Gasteiger partial charge on any atom is -0.490 e. The fourth-order valence-electron chi connectivity index (χ4n) is 6.89. The number of benzene rings is 3. The van der Waals surface area contributed by atoms with Crippen molar-refractivity contribution in [2.75, 3.05) is 71.7 Å². The number of sulfonamides is 1. The van der Waals surface area contributed by atoms with Gasteiger partial charge in [0.15, 0.2) is 0 Å². The van der Waals surface area contributed by atoms with E-state index in [1.165, 1.54) is 4.31 Å². The van der Waals surface area contributed by atoms with Crippen molar-refractivity contribution >= 4 is 15.7 Å². The van der Waals surface area contributed by atoms with Crippen LogP contribution in [-0.2, 0) is 42.2 Å². The largest absolute Gasteiger partial charge is 0.490 e. The predicted octanol–water partition coefficient (Wildman–Crippen LogP) is 4.91. The third kappa shape index (κ3) is 8.65. The smallest absolute Gasteiger partial charge is 0.243 e. The second kappa shape index (κ2) is 15.9. The number of aliphatic hydroxyl groups is 1. The Balaban J connectivity index is 1.20. The van der Waals surface area contributed by atoms with Gasteiger partial charge in [-0.3, -0.25) is 0 Å². The van der Waals surface area contributed by atoms with Crippen molar-refractivity contribution in [2.24, 2.45) is 5.41 Å². The summed E-state index contributed by atoms with van der Waals surface area (Å²) in [5.74, 6) is 0.409. The molecule has 1 saturated heterocycles. The molecule has 1 aliphatic carbocycles. The summed E-state index contributed by atoms with van der Waals surface area (Å²) in [7, 11) is -0.417. The first-order valence-corrected chi connectivity index (χ1v) is 18.7. The van der Waals surface area contributed by atoms with Gasteiger partial charge >= 0.3 is 0 Å². The number of rotatable bonds is 16. The van der Waals surface area contributed by atoms with Crippen molar-refractivity contribution in [1.82, 2.24) is 4.31 Å². The highest BCUT2D eigenvalue weighted by molar-refractivity contribution is 7.89. The summed E-state index contributed by atoms with van der Waals surface area (Å²) in [6.07, 6.45) is 1.59. The minimum atomic E-state index is -3.86. The van der Waals surface area contributed by atoms with Gasteiger partial charge in [0.25, 0.3) is 0 Å². The number of hydrogen-bond donors (Lipinski definition) is 1. The average molecular weight is 695 g/mol. The van der Waals surface area contributed by atoms with Crippen LogP contribution in [0.2, 0.25) is 0 Å². The maximum Gasteiger partial charge on any atom is 0.243 e. The van der Waals surface area contributed by atoms with Crippen LogP contribution in [0.4, 0.5) is 5.69 Å². The molecule has 0 bridgehead atoms. The van der Waals surface area contributed by atoms with Crippen LogP contribution in [0, 0.1) is 12.3 Å². The van der Waals surface area contributed by atoms with Crippen molar-refractivity contribution in [3.63, 3.8) is 0 Å². The van der Waals surface area contributed by atoms with Crippen LogP contribution in [0.1, 0.15) is 47.4 Å². The van der Waals surface area contributed by atoms with Crippen LogP contribution in [0.25, 0.3) is 0 Å². The van der Waals surface area contributed by atoms with Crippen molar-refractivity contribution in [1.29, 1.82) is 0 Å². The molecule has 11 heteroatoms. The van der Waals surface area contributed by atoms with Gasteiger partial charge in [0, 0.05) is 51.8 Å². The van der Waals surface area contributed by atoms with Gasteiger partial charge in [-0.2, -0.15) is 4.31 Å². The predicted molar refractivity (Wildman–Crippen MR) is 188 cm³/mol. The summed E-state index contributed by atoms with van der Waals surface area (Å²) in [6.45, 7) is 7.09. The first-order valence-electron chi connectivity index (χ1n) is 17.2. The maximum absolute atomic E-state index is 13.8. The van der Waals surface area contributed by atoms with E-state index in [0.717, 1.165) is 72.6 Å². The zero-order valence-corrected chi connectivity index (χ0v) is 29.7. The van der Waals surface area contributed by atoms with E-state index in [0.29, 0.717) is 26.4 Å². The Bertz CT molecular complexity index is 1630. The summed E-state index contributed by atoms with van der Waals surface area (Å²) in [6, 6.07) is 20.9. The van der Waals surface area contributed by atoms with Crippen LogP contribution in [0.5, 0.6) is 5.75 Å². The lowest BCUT2D eigenvalue weighted by Crippen LogP contribution is -2.53. The molecule has 266 valence electrons. The third-order valence-electron chi connectivity index (χ3n) is 9.92. The molecule has 49 heavy (non-hydrogen) atoms. The standard InChI is InChI=1S/C38H50N2O8S/c1-28-5-12-32(13-6-28)49(42,43)40-22-34(41)37(31-10-7-29(8-11-31)24-46-27-38(15-16-38)26-45-3)36(23-40)48-25-30-9-14-35-33(21-30)39(18-20-47-35)17-4-19-44-2/h5-14,21,34,36-37,41H,4,15-20,22-27H2,1-3H3/t34-,36+,37+/m1/s1. The van der Waals surface area contributed by atoms with Crippen LogP contribution in [-0.4, -0.2) is 96.9 Å². The van der Waals surface area contributed by atoms with Crippen LogP contribution >= 0.6 is 0 Å². The number of ether oxygens (including phenoxy) is 5. The zero-order valence-electron chi connectivity index (χ0n) is 28.9. The number of aryl methyl sites for hydroxylation is 1. The first kappa shape index (κ1) is 35.8. The van der Waals surface area contributed by atoms with E-state index in [1.807, 2.05) is 43.3 Å². The maximum atomic E-state index is 13.8. The number of anilines is 1. The molecular weight excluding hydrogens is 644 g/mol. The van der Waals surface area contributed by atoms with Gasteiger partial charge < -0.3 is 33.7 Å². The molecule has 0 radical (unpaired) electrons. The Morgan fingerprint density at radius 2 is 1.67 bits per heavy atom. The molecule has 2 fully saturated rings. The number of piperidine rings is 1. The van der Waals surface area contributed by atoms with Crippen LogP contribution < -0.4 is 9.64 Å². The lowest BCUT2D eigenvalue weighted by Gasteiger charge is -2.41. The van der Waals surface area contributed by atoms with Crippen molar-refractivity contribution in [3.8, 4) is 5.75 Å². The van der Waals surface area contributed by atoms with E-state index in [4.69, 9.17) is 23.7 Å². The van der Waals surface area contributed by atoms with Crippen LogP contribution in [0.15, 0.2) is 71.6 Å². The third-order valence-corrected chi connectivity index (χ3v) is 11.8. The highest BCUT2D eigenvalue weighted by atomic mass is 32.2. The minimum absolute atomic E-state index is 0.0280. The van der Waals surface area contributed by atoms with Crippen molar-refractivity contribution < 1.29 is 37.2 Å². The molecule has 1 saturated carbocycles. The lowest BCUT2D eigenvalue weighted by atomic mass is 9.85. The molecule has 3 aliphatic rings. The zero-order chi connectivity index (χ0) is 34.4. The van der Waals surface area contributed by atoms with Gasteiger partial charge in [0.2, 0.25) is 10.0 Å². The first-order chi connectivity index (χ1) is 23.7. The molecule has 6 rings (SSSR count). The van der Waals surface area contributed by atoms with Gasteiger partial charge in [-0.05, 0) is 67.1 Å². The van der Waals surface area contributed by atoms with Crippen LogP contribution in [0.3, 0.4) is 0 Å². The number of hydrogen-bond acceptors (Lipinski definition) is 9. The van der Waals surface area contributed by atoms with Gasteiger partial charge in [-0.25, -0.2) is 8.42 Å². The Hall–Kier alpha value is -3.03. The topological polar surface area (TPSA) is 107 Å². The quantitative estimate of drug-likeness (QED) is 0.210. The molecule has 2 heterocycles. The van der Waals surface area contributed by atoms with Gasteiger partial charge in [0.1, 0.15) is 12.4 Å². The Morgan fingerprint density at radius 3 is 2.39 bits per heavy atom. The number of aliphatic hydroxyl groups excluding tert-OH is 1. The second-order valence-corrected chi connectivity index (χ2v) is 15.7. The summed E-state index contributed by atoms with van der Waals surface area (Å²) in [5, 5.41) is 11.6. The van der Waals surface area contributed by atoms with Crippen molar-refractivity contribution in [3.05, 3.63) is 89.0 Å². The molecule has 0 unspecified atom stereocenters. The monoisotopic (exact) mass is 694 g/mol. The fraction of sp³-hybridized carbons (Fsp3) is 0.526. The molecule has 1 N–H and O–H groups in total. The number of fused-ring (bicyclic) bond motifs is 1. The summed E-state index contributed by atoms with van der Waals surface area (Å²) in [4.78, 5) is 2.51. The van der Waals surface area contributed by atoms with Gasteiger partial charge in [-0.1, -0.05) is 48.0 Å². The summed E-state index contributed by atoms with van der Waals surface area (Å²) >= 11 is 0. The summed E-state index contributed by atoms with van der Waals surface area (Å²) < 4.78 is 58.1. The molecular formula is C38H50N2O8S. The Kier molecular flexibility index (Phi) is 11.6. The Labute approximate surface area is 290 Å². The molecule has 3 aromatic carbocycles. The number of methoxy groups -OCH3 is 2. The lowest BCUT2D eigenvalue weighted by molar-refractivity contribution is -0.0534. The highest BCUT2D eigenvalue weighted by Crippen LogP contribution is 2.46. The molecule has 0 spiro atoms. The summed E-state index contributed by atoms with van der Waals surface area (Å²) in [5.41, 5.74) is 5.03. The van der Waals surface area contributed by atoms with E-state index >= 15 is 0 Å². The van der Waals surface area contributed by atoms with E-state index in [1.54, 1.807) is 38.5 Å². The van der Waals surface area contributed by atoms with Gasteiger partial charge in [-0.15, -0.1) is 0 Å². The fourth-order valence-corrected chi connectivity index (χ4v) is 8.36. The molecule has 3 atom stereocenters. The molecule has 0 aromatic heterocycles. The number of β-amino-alcohol motifs (C(OH)–C–C–N with tert-alkyl or cyclic N) is 1. The van der Waals surface area contributed by atoms with E-state index < -0.39 is 28.1 Å². The second-order valence-electron chi connectivity index (χ2n) is 13.7. The SMILES string of the molecule is COCCCN1CCOc2ccc(CO[C@H]3CN(S(=O)(=O)c4ccc(C)cc4)C[C@@H](O)[C@@H]3c3ccc(COCC4(COC)CC4)cc3)cc21.